The van der Waals surface area contributed by atoms with Gasteiger partial charge in [0, 0.05) is 13.5 Å². The van der Waals surface area contributed by atoms with Crippen molar-refractivity contribution in [2.75, 3.05) is 27.3 Å². The first kappa shape index (κ1) is 15.3. The third-order valence-corrected chi connectivity index (χ3v) is 2.77. The van der Waals surface area contributed by atoms with Crippen LogP contribution in [0.5, 0.6) is 11.5 Å². The molecular weight excluding hydrogens is 244 g/mol. The molecule has 0 bridgehead atoms. The molecule has 1 amide bonds. The van der Waals surface area contributed by atoms with Gasteiger partial charge in [-0.25, -0.2) is 0 Å². The fourth-order valence-electron chi connectivity index (χ4n) is 1.77. The van der Waals surface area contributed by atoms with E-state index in [9.17, 15) is 4.79 Å². The zero-order valence-electron chi connectivity index (χ0n) is 11.6. The molecule has 5 heteroatoms. The summed E-state index contributed by atoms with van der Waals surface area (Å²) >= 11 is 0. The second-order valence-electron chi connectivity index (χ2n) is 4.11. The standard InChI is InChI=1S/C14H22N2O3/c1-16-13(17)7-4-10-19-14-11(8-9-15)5-3-6-12(14)18-2/h3,5-6H,4,7-10,15H2,1-2H3,(H,16,17). The van der Waals surface area contributed by atoms with E-state index in [-0.39, 0.29) is 5.91 Å². The quantitative estimate of drug-likeness (QED) is 0.691. The number of carbonyl (C=O) groups excluding carboxylic acids is 1. The molecule has 0 aromatic heterocycles. The number of hydrogen-bond acceptors (Lipinski definition) is 4. The molecule has 0 saturated heterocycles. The van der Waals surface area contributed by atoms with Gasteiger partial charge in [0.1, 0.15) is 0 Å². The molecule has 0 unspecified atom stereocenters. The molecule has 19 heavy (non-hydrogen) atoms. The Morgan fingerprint density at radius 2 is 2.21 bits per heavy atom. The van der Waals surface area contributed by atoms with E-state index in [1.54, 1.807) is 14.2 Å². The first-order valence-corrected chi connectivity index (χ1v) is 6.42. The summed E-state index contributed by atoms with van der Waals surface area (Å²) in [6.45, 7) is 1.03. The van der Waals surface area contributed by atoms with E-state index in [0.717, 1.165) is 17.7 Å². The Labute approximate surface area is 114 Å². The number of nitrogens with two attached hydrogens (primary N) is 1. The molecule has 1 rings (SSSR count). The van der Waals surface area contributed by atoms with Crippen LogP contribution in [-0.2, 0) is 11.2 Å². The number of ether oxygens (including phenoxy) is 2. The minimum absolute atomic E-state index is 0.0193. The molecule has 0 aliphatic heterocycles. The Balaban J connectivity index is 2.61. The summed E-state index contributed by atoms with van der Waals surface area (Å²) in [4.78, 5) is 11.1. The monoisotopic (exact) mass is 266 g/mol. The minimum Gasteiger partial charge on any atom is -0.493 e. The third kappa shape index (κ3) is 4.79. The number of nitrogens with one attached hydrogen (secondary N) is 1. The fourth-order valence-corrected chi connectivity index (χ4v) is 1.77. The van der Waals surface area contributed by atoms with E-state index in [0.29, 0.717) is 31.7 Å². The Bertz CT molecular complexity index is 408. The van der Waals surface area contributed by atoms with Gasteiger partial charge in [-0.3, -0.25) is 4.79 Å². The van der Waals surface area contributed by atoms with Gasteiger partial charge in [0.15, 0.2) is 11.5 Å². The van der Waals surface area contributed by atoms with Crippen LogP contribution in [0.3, 0.4) is 0 Å². The number of rotatable bonds is 8. The predicted octanol–water partition coefficient (Wildman–Crippen LogP) is 1.10. The van der Waals surface area contributed by atoms with Crippen LogP contribution in [0.2, 0.25) is 0 Å². The Kier molecular flexibility index (Phi) is 6.74. The van der Waals surface area contributed by atoms with Gasteiger partial charge in [-0.15, -0.1) is 0 Å². The Morgan fingerprint density at radius 3 is 2.84 bits per heavy atom. The average Bonchev–Trinajstić information content (AvgIpc) is 2.44. The van der Waals surface area contributed by atoms with E-state index in [1.807, 2.05) is 18.2 Å². The lowest BCUT2D eigenvalue weighted by Gasteiger charge is -2.14. The van der Waals surface area contributed by atoms with Crippen molar-refractivity contribution in [2.45, 2.75) is 19.3 Å². The van der Waals surface area contributed by atoms with Crippen molar-refractivity contribution >= 4 is 5.91 Å². The molecule has 1 aromatic rings. The predicted molar refractivity (Wildman–Crippen MR) is 74.5 cm³/mol. The second kappa shape index (κ2) is 8.37. The molecule has 0 aliphatic carbocycles. The third-order valence-electron chi connectivity index (χ3n) is 2.77. The van der Waals surface area contributed by atoms with Crippen molar-refractivity contribution in [3.8, 4) is 11.5 Å². The van der Waals surface area contributed by atoms with Crippen molar-refractivity contribution in [1.82, 2.24) is 5.32 Å². The van der Waals surface area contributed by atoms with Gasteiger partial charge in [0.2, 0.25) is 5.91 Å². The van der Waals surface area contributed by atoms with E-state index in [1.165, 1.54) is 0 Å². The lowest BCUT2D eigenvalue weighted by atomic mass is 10.1. The van der Waals surface area contributed by atoms with E-state index >= 15 is 0 Å². The molecule has 1 aromatic carbocycles. The molecule has 106 valence electrons. The van der Waals surface area contributed by atoms with Gasteiger partial charge in [-0.05, 0) is 31.0 Å². The zero-order valence-corrected chi connectivity index (χ0v) is 11.6. The smallest absolute Gasteiger partial charge is 0.219 e. The highest BCUT2D eigenvalue weighted by Crippen LogP contribution is 2.31. The van der Waals surface area contributed by atoms with Crippen LogP contribution in [0.15, 0.2) is 18.2 Å². The van der Waals surface area contributed by atoms with Crippen LogP contribution in [-0.4, -0.2) is 33.2 Å². The normalized spacial score (nSPS) is 10.1. The molecule has 0 fully saturated rings. The summed E-state index contributed by atoms with van der Waals surface area (Å²) in [7, 11) is 3.24. The first-order chi connectivity index (χ1) is 9.22. The molecule has 3 N–H and O–H groups in total. The highest BCUT2D eigenvalue weighted by molar-refractivity contribution is 5.75. The summed E-state index contributed by atoms with van der Waals surface area (Å²) in [5.41, 5.74) is 6.61. The van der Waals surface area contributed by atoms with E-state index in [4.69, 9.17) is 15.2 Å². The summed E-state index contributed by atoms with van der Waals surface area (Å²) in [6.07, 6.45) is 1.86. The Hall–Kier alpha value is -1.75. The van der Waals surface area contributed by atoms with Gasteiger partial charge in [0.05, 0.1) is 13.7 Å². The van der Waals surface area contributed by atoms with Crippen molar-refractivity contribution < 1.29 is 14.3 Å². The maximum atomic E-state index is 11.1. The summed E-state index contributed by atoms with van der Waals surface area (Å²) < 4.78 is 11.0. The number of hydrogen-bond donors (Lipinski definition) is 2. The van der Waals surface area contributed by atoms with Crippen LogP contribution in [0.4, 0.5) is 0 Å². The van der Waals surface area contributed by atoms with Gasteiger partial charge in [0.25, 0.3) is 0 Å². The molecule has 0 heterocycles. The zero-order chi connectivity index (χ0) is 14.1. The molecule has 0 saturated carbocycles. The SMILES string of the molecule is CNC(=O)CCCOc1c(CCN)cccc1OC. The molecule has 5 nitrogen and oxygen atoms in total. The fraction of sp³-hybridized carbons (Fsp3) is 0.500. The van der Waals surface area contributed by atoms with Crippen molar-refractivity contribution in [3.63, 3.8) is 0 Å². The number of para-hydroxylation sites is 1. The lowest BCUT2D eigenvalue weighted by Crippen LogP contribution is -2.18. The van der Waals surface area contributed by atoms with Gasteiger partial charge < -0.3 is 20.5 Å². The van der Waals surface area contributed by atoms with Crippen LogP contribution in [0.25, 0.3) is 0 Å². The van der Waals surface area contributed by atoms with Crippen molar-refractivity contribution in [3.05, 3.63) is 23.8 Å². The minimum atomic E-state index is 0.0193. The maximum absolute atomic E-state index is 11.1. The highest BCUT2D eigenvalue weighted by atomic mass is 16.5. The number of benzene rings is 1. The first-order valence-electron chi connectivity index (χ1n) is 6.42. The van der Waals surface area contributed by atoms with E-state index in [2.05, 4.69) is 5.32 Å². The topological polar surface area (TPSA) is 73.6 Å². The van der Waals surface area contributed by atoms with Crippen molar-refractivity contribution in [2.24, 2.45) is 5.73 Å². The summed E-state index contributed by atoms with van der Waals surface area (Å²) in [5.74, 6) is 1.45. The van der Waals surface area contributed by atoms with Crippen LogP contribution >= 0.6 is 0 Å². The number of methoxy groups -OCH3 is 1. The van der Waals surface area contributed by atoms with Crippen molar-refractivity contribution in [1.29, 1.82) is 0 Å². The van der Waals surface area contributed by atoms with E-state index < -0.39 is 0 Å². The van der Waals surface area contributed by atoms with Crippen LogP contribution in [0, 0.1) is 0 Å². The lowest BCUT2D eigenvalue weighted by molar-refractivity contribution is -0.120. The summed E-state index contributed by atoms with van der Waals surface area (Å²) in [5, 5.41) is 2.58. The van der Waals surface area contributed by atoms with Gasteiger partial charge in [-0.2, -0.15) is 0 Å². The average molecular weight is 266 g/mol. The number of carbonyl (C=O) groups is 1. The maximum Gasteiger partial charge on any atom is 0.219 e. The second-order valence-corrected chi connectivity index (χ2v) is 4.11. The Morgan fingerprint density at radius 1 is 1.42 bits per heavy atom. The highest BCUT2D eigenvalue weighted by Gasteiger charge is 2.10. The van der Waals surface area contributed by atoms with Crippen LogP contribution < -0.4 is 20.5 Å². The van der Waals surface area contributed by atoms with Gasteiger partial charge >= 0.3 is 0 Å². The molecule has 0 radical (unpaired) electrons. The van der Waals surface area contributed by atoms with Crippen LogP contribution in [0.1, 0.15) is 18.4 Å². The molecule has 0 aliphatic rings. The molecule has 0 atom stereocenters. The summed E-state index contributed by atoms with van der Waals surface area (Å²) in [6, 6.07) is 5.75. The molecular formula is C14H22N2O3. The molecule has 0 spiro atoms. The van der Waals surface area contributed by atoms with Gasteiger partial charge in [-0.1, -0.05) is 12.1 Å². The largest absolute Gasteiger partial charge is 0.493 e. The number of amides is 1.